The van der Waals surface area contributed by atoms with E-state index in [2.05, 4.69) is 5.68 Å². The van der Waals surface area contributed by atoms with Gasteiger partial charge in [0.05, 0.1) is 9.12 Å². The van der Waals surface area contributed by atoms with Gasteiger partial charge in [-0.1, -0.05) is 17.8 Å². The molecule has 7 heavy (non-hydrogen) atoms. The Morgan fingerprint density at radius 1 is 1.43 bits per heavy atom. The van der Waals surface area contributed by atoms with E-state index in [4.69, 9.17) is 5.73 Å². The Morgan fingerprint density at radius 3 is 2.57 bits per heavy atom. The molecule has 0 saturated heterocycles. The van der Waals surface area contributed by atoms with Crippen LogP contribution in [-0.2, 0) is 0 Å². The van der Waals surface area contributed by atoms with E-state index in [0.29, 0.717) is 0 Å². The van der Waals surface area contributed by atoms with E-state index in [9.17, 15) is 0 Å². The van der Waals surface area contributed by atoms with Gasteiger partial charge in [-0.05, 0) is 6.07 Å². The first-order valence-corrected chi connectivity index (χ1v) is 3.44. The molecule has 1 aromatic rings. The lowest BCUT2D eigenvalue weighted by molar-refractivity contribution is 1.83. The van der Waals surface area contributed by atoms with Crippen LogP contribution in [0.4, 0.5) is 5.30 Å². The Bertz CT molecular complexity index is 138. The minimum absolute atomic E-state index is 0.281. The van der Waals surface area contributed by atoms with Crippen LogP contribution in [0, 0.1) is 0 Å². The molecular weight excluding hydrogens is 102 g/mol. The monoisotopic (exact) mass is 109 g/mol. The van der Waals surface area contributed by atoms with Crippen LogP contribution in [0.15, 0.2) is 23.9 Å². The second kappa shape index (κ2) is 1.89. The Morgan fingerprint density at radius 2 is 2.29 bits per heavy atom. The predicted octanol–water partition coefficient (Wildman–Crippen LogP) is 0.339. The van der Waals surface area contributed by atoms with Crippen LogP contribution in [0.25, 0.3) is 0 Å². The topological polar surface area (TPSA) is 26.0 Å². The van der Waals surface area contributed by atoms with Gasteiger partial charge in [0, 0.05) is 5.30 Å². The minimum atomic E-state index is 0.281. The highest BCUT2D eigenvalue weighted by atomic mass is 28.2. The van der Waals surface area contributed by atoms with Crippen molar-refractivity contribution in [2.75, 3.05) is 5.73 Å². The Labute approximate surface area is 44.9 Å². The molecule has 2 heteroatoms. The SMILES string of the molecule is Nc1cccc[siH]1. The van der Waals surface area contributed by atoms with Crippen molar-refractivity contribution >= 4 is 14.4 Å². The van der Waals surface area contributed by atoms with Gasteiger partial charge >= 0.3 is 0 Å². The molecule has 0 amide bonds. The van der Waals surface area contributed by atoms with E-state index in [1.807, 2.05) is 18.2 Å². The van der Waals surface area contributed by atoms with Crippen LogP contribution in [0.1, 0.15) is 0 Å². The molecule has 2 N–H and O–H groups in total. The summed E-state index contributed by atoms with van der Waals surface area (Å²) in [5, 5.41) is 1.03. The molecule has 0 radical (unpaired) electrons. The number of hydrogen-bond acceptors (Lipinski definition) is 1. The van der Waals surface area contributed by atoms with Gasteiger partial charge in [0.25, 0.3) is 0 Å². The summed E-state index contributed by atoms with van der Waals surface area (Å²) < 4.78 is 0. The van der Waals surface area contributed by atoms with Crippen LogP contribution in [-0.4, -0.2) is 9.12 Å². The summed E-state index contributed by atoms with van der Waals surface area (Å²) in [5.74, 6) is 0. The lowest BCUT2D eigenvalue weighted by atomic mass is 10.6. The molecule has 0 spiro atoms. The molecule has 0 aliphatic rings. The van der Waals surface area contributed by atoms with Crippen molar-refractivity contribution in [2.45, 2.75) is 0 Å². The lowest BCUT2D eigenvalue weighted by Gasteiger charge is -1.83. The lowest BCUT2D eigenvalue weighted by Crippen LogP contribution is -1.85. The van der Waals surface area contributed by atoms with Crippen molar-refractivity contribution in [3.8, 4) is 0 Å². The van der Waals surface area contributed by atoms with Gasteiger partial charge in [-0.3, -0.25) is 0 Å². The van der Waals surface area contributed by atoms with Gasteiger partial charge in [0.2, 0.25) is 0 Å². The molecule has 0 saturated carbocycles. The third-order valence-electron chi connectivity index (χ3n) is 0.800. The number of anilines is 1. The van der Waals surface area contributed by atoms with Crippen LogP contribution >= 0.6 is 0 Å². The van der Waals surface area contributed by atoms with Gasteiger partial charge in [-0.15, -0.1) is 0 Å². The van der Waals surface area contributed by atoms with Crippen molar-refractivity contribution < 1.29 is 0 Å². The van der Waals surface area contributed by atoms with E-state index in [1.54, 1.807) is 0 Å². The zero-order chi connectivity index (χ0) is 5.11. The third kappa shape index (κ3) is 1.12. The second-order valence-corrected chi connectivity index (χ2v) is 2.80. The molecule has 0 aromatic carbocycles. The standard InChI is InChI=1S/C5H7NSi/c6-5-3-1-2-4-7-5/h1-4,7H,6H2. The maximum atomic E-state index is 5.45. The fourth-order valence-corrected chi connectivity index (χ4v) is 1.14. The molecule has 0 aliphatic heterocycles. The van der Waals surface area contributed by atoms with Gasteiger partial charge in [0.1, 0.15) is 0 Å². The van der Waals surface area contributed by atoms with E-state index < -0.39 is 0 Å². The first-order chi connectivity index (χ1) is 3.39. The van der Waals surface area contributed by atoms with E-state index in [1.165, 1.54) is 0 Å². The fraction of sp³-hybridized carbons (Fsp3) is 0. The highest BCUT2D eigenvalue weighted by Gasteiger charge is 1.72. The zero-order valence-corrected chi connectivity index (χ0v) is 5.12. The third-order valence-corrected chi connectivity index (χ3v) is 1.79. The molecular formula is C5H7NSi. The number of nitrogens with two attached hydrogens (primary N) is 1. The highest BCUT2D eigenvalue weighted by molar-refractivity contribution is 6.37. The summed E-state index contributed by atoms with van der Waals surface area (Å²) in [7, 11) is 0.281. The van der Waals surface area contributed by atoms with Crippen molar-refractivity contribution in [1.82, 2.24) is 0 Å². The van der Waals surface area contributed by atoms with Crippen LogP contribution in [0.2, 0.25) is 0 Å². The van der Waals surface area contributed by atoms with Crippen molar-refractivity contribution in [1.29, 1.82) is 0 Å². The van der Waals surface area contributed by atoms with E-state index >= 15 is 0 Å². The van der Waals surface area contributed by atoms with E-state index in [-0.39, 0.29) is 9.12 Å². The van der Waals surface area contributed by atoms with Gasteiger partial charge < -0.3 is 5.73 Å². The van der Waals surface area contributed by atoms with Gasteiger partial charge in [-0.2, -0.15) is 0 Å². The molecule has 0 unspecified atom stereocenters. The molecule has 0 fully saturated rings. The normalized spacial score (nSPS) is 8.57. The molecule has 1 rings (SSSR count). The van der Waals surface area contributed by atoms with Gasteiger partial charge in [-0.25, -0.2) is 0 Å². The Balaban J connectivity index is 3.02. The highest BCUT2D eigenvalue weighted by Crippen LogP contribution is 1.88. The smallest absolute Gasteiger partial charge is 0.0501 e. The molecule has 36 valence electrons. The van der Waals surface area contributed by atoms with Crippen LogP contribution < -0.4 is 5.73 Å². The predicted molar refractivity (Wildman–Crippen MR) is 33.6 cm³/mol. The molecule has 1 nitrogen and oxygen atoms in total. The summed E-state index contributed by atoms with van der Waals surface area (Å²) in [4.78, 5) is 0. The quantitative estimate of drug-likeness (QED) is 0.478. The summed E-state index contributed by atoms with van der Waals surface area (Å²) in [6, 6.07) is 5.95. The maximum Gasteiger partial charge on any atom is 0.0501 e. The summed E-state index contributed by atoms with van der Waals surface area (Å²) in [6.07, 6.45) is 0. The largest absolute Gasteiger partial charge is 0.403 e. The zero-order valence-electron chi connectivity index (χ0n) is 3.96. The molecule has 0 aliphatic carbocycles. The molecule has 0 bridgehead atoms. The van der Waals surface area contributed by atoms with Crippen molar-refractivity contribution in [3.05, 3.63) is 23.9 Å². The number of nitrogen functional groups attached to an aromatic ring is 1. The summed E-state index contributed by atoms with van der Waals surface area (Å²) >= 11 is 0. The number of rotatable bonds is 0. The average Bonchev–Trinajstić information content (AvgIpc) is 1.69. The summed E-state index contributed by atoms with van der Waals surface area (Å²) in [5.41, 5.74) is 7.57. The average molecular weight is 109 g/mol. The fourth-order valence-electron chi connectivity index (χ4n) is 0.453. The van der Waals surface area contributed by atoms with E-state index in [0.717, 1.165) is 5.30 Å². The second-order valence-electron chi connectivity index (χ2n) is 1.41. The first-order valence-electron chi connectivity index (χ1n) is 2.20. The molecule has 0 atom stereocenters. The van der Waals surface area contributed by atoms with Gasteiger partial charge in [0.15, 0.2) is 0 Å². The summed E-state index contributed by atoms with van der Waals surface area (Å²) in [6.45, 7) is 0. The Hall–Kier alpha value is -0.633. The molecule has 1 heterocycles. The van der Waals surface area contributed by atoms with Crippen LogP contribution in [0.3, 0.4) is 0 Å². The molecule has 1 aromatic heterocycles. The van der Waals surface area contributed by atoms with Crippen molar-refractivity contribution in [3.63, 3.8) is 0 Å². The van der Waals surface area contributed by atoms with Crippen molar-refractivity contribution in [2.24, 2.45) is 0 Å². The van der Waals surface area contributed by atoms with Crippen LogP contribution in [0.5, 0.6) is 0 Å². The number of hydrogen-bond donors (Lipinski definition) is 1. The Kier molecular flexibility index (Phi) is 1.22. The minimum Gasteiger partial charge on any atom is -0.403 e. The maximum absolute atomic E-state index is 5.45. The first kappa shape index (κ1) is 4.52.